The summed E-state index contributed by atoms with van der Waals surface area (Å²) in [5, 5.41) is 7.53. The first-order chi connectivity index (χ1) is 14.0. The van der Waals surface area contributed by atoms with Crippen LogP contribution in [-0.4, -0.2) is 15.7 Å². The van der Waals surface area contributed by atoms with Crippen molar-refractivity contribution in [2.24, 2.45) is 0 Å². The van der Waals surface area contributed by atoms with Gasteiger partial charge in [0, 0.05) is 6.07 Å². The number of halogens is 1. The second-order valence-electron chi connectivity index (χ2n) is 6.82. The fraction of sp³-hybridized carbons (Fsp3) is 0.130. The SMILES string of the molecule is Cc1ccc(-c2cc(C(=O)N[C@H](C)c3ccccc3)n(-c3ccc(F)cc3)n2)o1. The number of aryl methyl sites for hydroxylation is 1. The largest absolute Gasteiger partial charge is 0.460 e. The zero-order valence-electron chi connectivity index (χ0n) is 16.1. The smallest absolute Gasteiger partial charge is 0.270 e. The lowest BCUT2D eigenvalue weighted by molar-refractivity contribution is 0.0932. The van der Waals surface area contributed by atoms with E-state index in [1.165, 1.54) is 16.8 Å². The summed E-state index contributed by atoms with van der Waals surface area (Å²) in [5.74, 6) is 0.674. The van der Waals surface area contributed by atoms with Crippen LogP contribution in [0.3, 0.4) is 0 Å². The Morgan fingerprint density at radius 2 is 1.79 bits per heavy atom. The lowest BCUT2D eigenvalue weighted by Crippen LogP contribution is -2.28. The first-order valence-electron chi connectivity index (χ1n) is 9.30. The van der Waals surface area contributed by atoms with Crippen molar-refractivity contribution in [3.8, 4) is 17.1 Å². The highest BCUT2D eigenvalue weighted by Gasteiger charge is 2.21. The molecule has 0 unspecified atom stereocenters. The number of carbonyl (C=O) groups excluding carboxylic acids is 1. The van der Waals surface area contributed by atoms with Gasteiger partial charge in [-0.3, -0.25) is 4.79 Å². The molecule has 0 aliphatic rings. The number of amides is 1. The van der Waals surface area contributed by atoms with E-state index in [0.29, 0.717) is 22.8 Å². The van der Waals surface area contributed by atoms with Gasteiger partial charge in [0.05, 0.1) is 11.7 Å². The van der Waals surface area contributed by atoms with E-state index in [9.17, 15) is 9.18 Å². The molecule has 0 saturated heterocycles. The maximum Gasteiger partial charge on any atom is 0.270 e. The Morgan fingerprint density at radius 3 is 2.45 bits per heavy atom. The van der Waals surface area contributed by atoms with Crippen LogP contribution in [0.25, 0.3) is 17.1 Å². The summed E-state index contributed by atoms with van der Waals surface area (Å²) in [6.07, 6.45) is 0. The van der Waals surface area contributed by atoms with Crippen molar-refractivity contribution < 1.29 is 13.6 Å². The number of carbonyl (C=O) groups is 1. The fourth-order valence-electron chi connectivity index (χ4n) is 3.11. The van der Waals surface area contributed by atoms with Crippen LogP contribution in [-0.2, 0) is 0 Å². The molecule has 1 amide bonds. The first kappa shape index (κ1) is 18.7. The number of rotatable bonds is 5. The third-order valence-electron chi connectivity index (χ3n) is 4.65. The normalized spacial score (nSPS) is 12.0. The molecule has 4 rings (SSSR count). The third-order valence-corrected chi connectivity index (χ3v) is 4.65. The van der Waals surface area contributed by atoms with Crippen LogP contribution in [0.1, 0.15) is 34.8 Å². The number of hydrogen-bond donors (Lipinski definition) is 1. The van der Waals surface area contributed by atoms with Gasteiger partial charge in [0.15, 0.2) is 5.76 Å². The minimum absolute atomic E-state index is 0.186. The quantitative estimate of drug-likeness (QED) is 0.518. The van der Waals surface area contributed by atoms with Crippen LogP contribution in [0.4, 0.5) is 4.39 Å². The van der Waals surface area contributed by atoms with E-state index in [2.05, 4.69) is 10.4 Å². The van der Waals surface area contributed by atoms with Crippen molar-refractivity contribution in [3.05, 3.63) is 95.6 Å². The van der Waals surface area contributed by atoms with E-state index in [0.717, 1.165) is 11.3 Å². The van der Waals surface area contributed by atoms with Gasteiger partial charge in [-0.25, -0.2) is 9.07 Å². The number of furan rings is 1. The molecule has 0 bridgehead atoms. The second kappa shape index (κ2) is 7.75. The molecular weight excluding hydrogens is 369 g/mol. The lowest BCUT2D eigenvalue weighted by Gasteiger charge is -2.15. The maximum absolute atomic E-state index is 13.4. The number of aromatic nitrogens is 2. The number of nitrogens with zero attached hydrogens (tertiary/aromatic N) is 2. The van der Waals surface area contributed by atoms with Gasteiger partial charge in [-0.1, -0.05) is 30.3 Å². The zero-order valence-corrected chi connectivity index (χ0v) is 16.1. The molecule has 0 saturated carbocycles. The number of benzene rings is 2. The van der Waals surface area contributed by atoms with Gasteiger partial charge in [0.1, 0.15) is 23.0 Å². The van der Waals surface area contributed by atoms with E-state index in [1.807, 2.05) is 50.2 Å². The molecular formula is C23H20FN3O2. The van der Waals surface area contributed by atoms with Crippen molar-refractivity contribution >= 4 is 5.91 Å². The van der Waals surface area contributed by atoms with Gasteiger partial charge in [-0.2, -0.15) is 5.10 Å². The molecule has 5 nitrogen and oxygen atoms in total. The molecule has 0 fully saturated rings. The van der Waals surface area contributed by atoms with Crippen molar-refractivity contribution in [1.29, 1.82) is 0 Å². The van der Waals surface area contributed by atoms with E-state index in [-0.39, 0.29) is 17.8 Å². The van der Waals surface area contributed by atoms with Crippen molar-refractivity contribution in [2.45, 2.75) is 19.9 Å². The van der Waals surface area contributed by atoms with Crippen LogP contribution in [0.5, 0.6) is 0 Å². The minimum atomic E-state index is -0.355. The summed E-state index contributed by atoms with van der Waals surface area (Å²) in [6, 6.07) is 20.7. The standard InChI is InChI=1S/C23H20FN3O2/c1-15-8-13-22(29-15)20-14-21(27(26-20)19-11-9-18(24)10-12-19)23(28)25-16(2)17-6-4-3-5-7-17/h3-14,16H,1-2H3,(H,25,28)/t16-/m1/s1. The van der Waals surface area contributed by atoms with Gasteiger partial charge in [0.2, 0.25) is 0 Å². The van der Waals surface area contributed by atoms with E-state index in [1.54, 1.807) is 24.3 Å². The van der Waals surface area contributed by atoms with Crippen LogP contribution in [0.2, 0.25) is 0 Å². The molecule has 2 aromatic carbocycles. The van der Waals surface area contributed by atoms with E-state index >= 15 is 0 Å². The van der Waals surface area contributed by atoms with Crippen LogP contribution < -0.4 is 5.32 Å². The Kier molecular flexibility index (Phi) is 4.99. The van der Waals surface area contributed by atoms with Crippen LogP contribution in [0, 0.1) is 12.7 Å². The first-order valence-corrected chi connectivity index (χ1v) is 9.30. The predicted octanol–water partition coefficient (Wildman–Crippen LogP) is 5.07. The molecule has 1 N–H and O–H groups in total. The number of hydrogen-bond acceptors (Lipinski definition) is 3. The molecule has 6 heteroatoms. The Bertz CT molecular complexity index is 1130. The van der Waals surface area contributed by atoms with Crippen LogP contribution >= 0.6 is 0 Å². The molecule has 2 heterocycles. The van der Waals surface area contributed by atoms with Crippen molar-refractivity contribution in [3.63, 3.8) is 0 Å². The summed E-state index contributed by atoms with van der Waals surface area (Å²) in [7, 11) is 0. The Hall–Kier alpha value is -3.67. The summed E-state index contributed by atoms with van der Waals surface area (Å²) < 4.78 is 20.5. The second-order valence-corrected chi connectivity index (χ2v) is 6.82. The molecule has 0 aliphatic heterocycles. The summed E-state index contributed by atoms with van der Waals surface area (Å²) >= 11 is 0. The Labute approximate surface area is 167 Å². The summed E-state index contributed by atoms with van der Waals surface area (Å²) in [4.78, 5) is 13.1. The molecule has 0 spiro atoms. The minimum Gasteiger partial charge on any atom is -0.460 e. The van der Waals surface area contributed by atoms with Gasteiger partial charge in [-0.15, -0.1) is 0 Å². The van der Waals surface area contributed by atoms with E-state index in [4.69, 9.17) is 4.42 Å². The number of nitrogens with one attached hydrogen (secondary N) is 1. The molecule has 146 valence electrons. The van der Waals surface area contributed by atoms with Gasteiger partial charge >= 0.3 is 0 Å². The predicted molar refractivity (Wildman–Crippen MR) is 108 cm³/mol. The van der Waals surface area contributed by atoms with Crippen molar-refractivity contribution in [1.82, 2.24) is 15.1 Å². The van der Waals surface area contributed by atoms with E-state index < -0.39 is 0 Å². The Balaban J connectivity index is 1.71. The summed E-state index contributed by atoms with van der Waals surface area (Å²) in [5.41, 5.74) is 2.44. The average Bonchev–Trinajstić information content (AvgIpc) is 3.36. The highest BCUT2D eigenvalue weighted by Crippen LogP contribution is 2.24. The summed E-state index contributed by atoms with van der Waals surface area (Å²) in [6.45, 7) is 3.76. The molecule has 2 aromatic heterocycles. The van der Waals surface area contributed by atoms with Gasteiger partial charge < -0.3 is 9.73 Å². The molecule has 29 heavy (non-hydrogen) atoms. The molecule has 4 aromatic rings. The highest BCUT2D eigenvalue weighted by atomic mass is 19.1. The lowest BCUT2D eigenvalue weighted by atomic mass is 10.1. The maximum atomic E-state index is 13.4. The third kappa shape index (κ3) is 3.96. The molecule has 0 aliphatic carbocycles. The Morgan fingerprint density at radius 1 is 1.07 bits per heavy atom. The van der Waals surface area contributed by atoms with Crippen LogP contribution in [0.15, 0.2) is 77.2 Å². The fourth-order valence-corrected chi connectivity index (χ4v) is 3.11. The van der Waals surface area contributed by atoms with Crippen molar-refractivity contribution in [2.75, 3.05) is 0 Å². The zero-order chi connectivity index (χ0) is 20.4. The molecule has 1 atom stereocenters. The molecule has 0 radical (unpaired) electrons. The van der Waals surface area contributed by atoms with Gasteiger partial charge in [0.25, 0.3) is 5.91 Å². The van der Waals surface area contributed by atoms with Gasteiger partial charge in [-0.05, 0) is 55.8 Å². The topological polar surface area (TPSA) is 60.1 Å². The monoisotopic (exact) mass is 389 g/mol. The highest BCUT2D eigenvalue weighted by molar-refractivity contribution is 5.94. The average molecular weight is 389 g/mol.